The van der Waals surface area contributed by atoms with Crippen LogP contribution in [-0.2, 0) is 25.0 Å². The van der Waals surface area contributed by atoms with Gasteiger partial charge in [-0.15, -0.1) is 0 Å². The largest absolute Gasteiger partial charge is 0.497 e. The van der Waals surface area contributed by atoms with E-state index in [-0.39, 0.29) is 12.4 Å². The van der Waals surface area contributed by atoms with E-state index in [0.717, 1.165) is 11.2 Å². The van der Waals surface area contributed by atoms with Crippen molar-refractivity contribution in [1.29, 1.82) is 0 Å². The van der Waals surface area contributed by atoms with Crippen LogP contribution in [0.2, 0.25) is 0 Å². The molecule has 0 radical (unpaired) electrons. The van der Waals surface area contributed by atoms with Gasteiger partial charge < -0.3 is 20.1 Å². The first-order valence-electron chi connectivity index (χ1n) is 10.0. The summed E-state index contributed by atoms with van der Waals surface area (Å²) in [6.45, 7) is 1.07. The van der Waals surface area contributed by atoms with Crippen molar-refractivity contribution in [3.63, 3.8) is 0 Å². The lowest BCUT2D eigenvalue weighted by Crippen LogP contribution is -2.42. The van der Waals surface area contributed by atoms with Crippen molar-refractivity contribution in [3.05, 3.63) is 54.1 Å². The monoisotopic (exact) mass is 475 g/mol. The van der Waals surface area contributed by atoms with Gasteiger partial charge in [0.25, 0.3) is 5.91 Å². The number of ether oxygens (including phenoxy) is 2. The Morgan fingerprint density at radius 3 is 2.45 bits per heavy atom. The van der Waals surface area contributed by atoms with Gasteiger partial charge in [-0.2, -0.15) is 0 Å². The molecule has 0 spiro atoms. The number of urea groups is 1. The number of hydrogen-bond acceptors (Lipinski definition) is 7. The molecule has 1 unspecified atom stereocenters. The number of nitrogens with one attached hydrogen (secondary N) is 2. The molecule has 0 aliphatic carbocycles. The van der Waals surface area contributed by atoms with Crippen molar-refractivity contribution in [2.24, 2.45) is 0 Å². The molecule has 10 nitrogen and oxygen atoms in total. The van der Waals surface area contributed by atoms with Crippen molar-refractivity contribution in [2.75, 3.05) is 37.6 Å². The van der Waals surface area contributed by atoms with E-state index in [1.54, 1.807) is 49.4 Å². The van der Waals surface area contributed by atoms with Crippen LogP contribution in [-0.4, -0.2) is 63.4 Å². The van der Waals surface area contributed by atoms with Crippen LogP contribution in [0.4, 0.5) is 10.5 Å². The first-order valence-corrected chi connectivity index (χ1v) is 12.1. The lowest BCUT2D eigenvalue weighted by Gasteiger charge is -2.22. The van der Waals surface area contributed by atoms with Crippen LogP contribution in [0.5, 0.6) is 11.5 Å². The number of carbonyl (C=O) groups excluding carboxylic acids is 3. The van der Waals surface area contributed by atoms with Gasteiger partial charge in [-0.1, -0.05) is 18.2 Å². The maximum absolute atomic E-state index is 13.0. The fourth-order valence-electron chi connectivity index (χ4n) is 3.28. The van der Waals surface area contributed by atoms with Gasteiger partial charge in [0, 0.05) is 18.0 Å². The Labute approximate surface area is 191 Å². The molecule has 1 saturated heterocycles. The zero-order chi connectivity index (χ0) is 24.2. The van der Waals surface area contributed by atoms with Gasteiger partial charge in [0.05, 0.1) is 12.9 Å². The highest BCUT2D eigenvalue weighted by molar-refractivity contribution is 7.90. The minimum Gasteiger partial charge on any atom is -0.497 e. The number of rotatable bonds is 9. The third-order valence-corrected chi connectivity index (χ3v) is 5.99. The van der Waals surface area contributed by atoms with Crippen molar-refractivity contribution >= 4 is 33.4 Å². The first kappa shape index (κ1) is 24.1. The molecule has 1 atom stereocenters. The molecular weight excluding hydrogens is 450 g/mol. The standard InChI is InChI=1S/C22H25N3O7S/c1-22(15-7-9-17(31-2)10-8-15)20(27)25(21(28)24-22)14-19(26)23-16-5-4-6-18(13-16)32-11-12-33(3,29)30/h4-10,13H,11-12,14H2,1-3H3,(H,23,26)(H,24,28). The molecule has 33 heavy (non-hydrogen) atoms. The maximum Gasteiger partial charge on any atom is 0.325 e. The summed E-state index contributed by atoms with van der Waals surface area (Å²) in [5.41, 5.74) is -0.373. The zero-order valence-electron chi connectivity index (χ0n) is 18.5. The predicted molar refractivity (Wildman–Crippen MR) is 121 cm³/mol. The Kier molecular flexibility index (Phi) is 6.92. The number of methoxy groups -OCH3 is 1. The molecule has 176 valence electrons. The Morgan fingerprint density at radius 2 is 1.82 bits per heavy atom. The van der Waals surface area contributed by atoms with Crippen molar-refractivity contribution in [3.8, 4) is 11.5 Å². The van der Waals surface area contributed by atoms with Crippen LogP contribution >= 0.6 is 0 Å². The molecular formula is C22H25N3O7S. The summed E-state index contributed by atoms with van der Waals surface area (Å²) in [5.74, 6) is -0.282. The summed E-state index contributed by atoms with van der Waals surface area (Å²) in [6, 6.07) is 12.4. The molecule has 4 amide bonds. The molecule has 0 aromatic heterocycles. The quantitative estimate of drug-likeness (QED) is 0.526. The summed E-state index contributed by atoms with van der Waals surface area (Å²) < 4.78 is 32.9. The highest BCUT2D eigenvalue weighted by atomic mass is 32.2. The third-order valence-electron chi connectivity index (χ3n) is 5.08. The van der Waals surface area contributed by atoms with E-state index < -0.39 is 39.8 Å². The Bertz CT molecular complexity index is 1160. The SMILES string of the molecule is COc1ccc(C2(C)NC(=O)N(CC(=O)Nc3cccc(OCCS(C)(=O)=O)c3)C2=O)cc1. The van der Waals surface area contributed by atoms with Crippen LogP contribution in [0.3, 0.4) is 0 Å². The van der Waals surface area contributed by atoms with Gasteiger partial charge in [-0.05, 0) is 36.8 Å². The number of benzene rings is 2. The first-order chi connectivity index (χ1) is 15.5. The molecule has 0 bridgehead atoms. The van der Waals surface area contributed by atoms with Gasteiger partial charge >= 0.3 is 6.03 Å². The predicted octanol–water partition coefficient (Wildman–Crippen LogP) is 1.52. The van der Waals surface area contributed by atoms with Crippen LogP contribution < -0.4 is 20.1 Å². The molecule has 2 N–H and O–H groups in total. The molecule has 1 heterocycles. The van der Waals surface area contributed by atoms with E-state index in [1.807, 2.05) is 0 Å². The number of sulfone groups is 1. The molecule has 11 heteroatoms. The van der Waals surface area contributed by atoms with E-state index in [1.165, 1.54) is 13.2 Å². The summed E-state index contributed by atoms with van der Waals surface area (Å²) in [6.07, 6.45) is 1.11. The van der Waals surface area contributed by atoms with Crippen LogP contribution in [0.15, 0.2) is 48.5 Å². The highest BCUT2D eigenvalue weighted by Gasteiger charge is 2.49. The lowest BCUT2D eigenvalue weighted by molar-refractivity contribution is -0.133. The van der Waals surface area contributed by atoms with Crippen LogP contribution in [0.1, 0.15) is 12.5 Å². The van der Waals surface area contributed by atoms with E-state index in [9.17, 15) is 22.8 Å². The molecule has 2 aromatic rings. The molecule has 0 saturated carbocycles. The van der Waals surface area contributed by atoms with Crippen molar-refractivity contribution in [2.45, 2.75) is 12.5 Å². The zero-order valence-corrected chi connectivity index (χ0v) is 19.3. The van der Waals surface area contributed by atoms with Gasteiger partial charge in [0.1, 0.15) is 30.2 Å². The fraction of sp³-hybridized carbons (Fsp3) is 0.318. The van der Waals surface area contributed by atoms with Gasteiger partial charge in [-0.3, -0.25) is 14.5 Å². The Hall–Kier alpha value is -3.60. The topological polar surface area (TPSA) is 131 Å². The second-order valence-electron chi connectivity index (χ2n) is 7.73. The second kappa shape index (κ2) is 9.49. The minimum absolute atomic E-state index is 0.0252. The second-order valence-corrected chi connectivity index (χ2v) is 9.99. The van der Waals surface area contributed by atoms with E-state index in [0.29, 0.717) is 22.7 Å². The van der Waals surface area contributed by atoms with Crippen LogP contribution in [0, 0.1) is 0 Å². The lowest BCUT2D eigenvalue weighted by atomic mass is 9.92. The average molecular weight is 476 g/mol. The molecule has 3 rings (SSSR count). The maximum atomic E-state index is 13.0. The molecule has 1 aliphatic rings. The number of nitrogens with zero attached hydrogens (tertiary/aromatic N) is 1. The molecule has 2 aromatic carbocycles. The van der Waals surface area contributed by atoms with Crippen LogP contribution in [0.25, 0.3) is 0 Å². The van der Waals surface area contributed by atoms with Gasteiger partial charge in [-0.25, -0.2) is 13.2 Å². The number of carbonyl (C=O) groups is 3. The number of imide groups is 1. The highest BCUT2D eigenvalue weighted by Crippen LogP contribution is 2.30. The minimum atomic E-state index is -3.16. The summed E-state index contributed by atoms with van der Waals surface area (Å²) >= 11 is 0. The normalized spacial score (nSPS) is 18.1. The van der Waals surface area contributed by atoms with Gasteiger partial charge in [0.2, 0.25) is 5.91 Å². The average Bonchev–Trinajstić information content (AvgIpc) is 2.97. The smallest absolute Gasteiger partial charge is 0.325 e. The third kappa shape index (κ3) is 5.80. The van der Waals surface area contributed by atoms with Crippen molar-refractivity contribution < 1.29 is 32.3 Å². The number of anilines is 1. The molecule has 1 aliphatic heterocycles. The summed E-state index contributed by atoms with van der Waals surface area (Å²) in [7, 11) is -1.63. The summed E-state index contributed by atoms with van der Waals surface area (Å²) in [4.78, 5) is 38.8. The number of amides is 4. The fourth-order valence-corrected chi connectivity index (χ4v) is 3.67. The summed E-state index contributed by atoms with van der Waals surface area (Å²) in [5, 5.41) is 5.26. The number of hydrogen-bond donors (Lipinski definition) is 2. The molecule has 1 fully saturated rings. The van der Waals surface area contributed by atoms with Crippen molar-refractivity contribution in [1.82, 2.24) is 10.2 Å². The van der Waals surface area contributed by atoms with E-state index >= 15 is 0 Å². The van der Waals surface area contributed by atoms with Gasteiger partial charge in [0.15, 0.2) is 9.84 Å². The van der Waals surface area contributed by atoms with E-state index in [4.69, 9.17) is 9.47 Å². The van der Waals surface area contributed by atoms with E-state index in [2.05, 4.69) is 10.6 Å². The Morgan fingerprint density at radius 1 is 1.12 bits per heavy atom. The Balaban J connectivity index is 1.64.